The van der Waals surface area contributed by atoms with Crippen LogP contribution in [0.2, 0.25) is 5.02 Å². The Hall–Kier alpha value is -2.04. The van der Waals surface area contributed by atoms with Crippen molar-refractivity contribution in [2.45, 2.75) is 49.4 Å². The number of benzene rings is 1. The van der Waals surface area contributed by atoms with E-state index >= 15 is 0 Å². The molecule has 4 rings (SSSR count). The lowest BCUT2D eigenvalue weighted by atomic mass is 10.1. The van der Waals surface area contributed by atoms with Crippen molar-refractivity contribution in [3.63, 3.8) is 0 Å². The van der Waals surface area contributed by atoms with Crippen molar-refractivity contribution in [2.75, 3.05) is 23.9 Å². The number of aromatic nitrogens is 2. The van der Waals surface area contributed by atoms with E-state index in [2.05, 4.69) is 10.4 Å². The largest absolute Gasteiger partial charge is 0.341 e. The highest BCUT2D eigenvalue weighted by Crippen LogP contribution is 2.38. The first-order valence-electron chi connectivity index (χ1n) is 10.3. The van der Waals surface area contributed by atoms with E-state index in [0.717, 1.165) is 21.8 Å². The predicted octanol–water partition coefficient (Wildman–Crippen LogP) is 2.97. The monoisotopic (exact) mass is 496 g/mol. The Labute approximate surface area is 196 Å². The Morgan fingerprint density at radius 1 is 1.38 bits per heavy atom. The molecular weight excluding hydrogens is 472 g/mol. The normalized spacial score (nSPS) is 21.8. The van der Waals surface area contributed by atoms with Gasteiger partial charge in [-0.15, -0.1) is 11.8 Å². The van der Waals surface area contributed by atoms with Crippen LogP contribution in [-0.2, 0) is 26.0 Å². The van der Waals surface area contributed by atoms with Gasteiger partial charge in [-0.25, -0.2) is 8.42 Å². The highest BCUT2D eigenvalue weighted by atomic mass is 35.5. The van der Waals surface area contributed by atoms with Gasteiger partial charge in [0.1, 0.15) is 0 Å². The van der Waals surface area contributed by atoms with E-state index in [1.54, 1.807) is 28.8 Å². The average molecular weight is 497 g/mol. The summed E-state index contributed by atoms with van der Waals surface area (Å²) in [4.78, 5) is 27.9. The molecule has 0 spiro atoms. The molecule has 2 aliphatic rings. The number of aryl methyl sites for hydroxylation is 1. The van der Waals surface area contributed by atoms with Gasteiger partial charge in [-0.2, -0.15) is 5.10 Å². The molecular formula is C21H25ClN4O4S2. The second-order valence-electron chi connectivity index (χ2n) is 8.34. The van der Waals surface area contributed by atoms with Crippen LogP contribution in [0.15, 0.2) is 23.1 Å². The van der Waals surface area contributed by atoms with Crippen molar-refractivity contribution in [3.05, 3.63) is 40.2 Å². The molecule has 2 aliphatic heterocycles. The summed E-state index contributed by atoms with van der Waals surface area (Å²) in [6.45, 7) is 4.12. The molecule has 0 saturated carbocycles. The molecule has 1 fully saturated rings. The fourth-order valence-corrected chi connectivity index (χ4v) is 7.09. The number of nitrogens with zero attached hydrogens (tertiary/aromatic N) is 3. The van der Waals surface area contributed by atoms with Gasteiger partial charge in [0, 0.05) is 41.2 Å². The molecule has 0 bridgehead atoms. The van der Waals surface area contributed by atoms with E-state index in [0.29, 0.717) is 23.7 Å². The number of thioether (sulfide) groups is 1. The van der Waals surface area contributed by atoms with Crippen molar-refractivity contribution in [3.8, 4) is 0 Å². The minimum absolute atomic E-state index is 0.0716. The number of nitrogens with one attached hydrogen (secondary N) is 1. The first-order valence-corrected chi connectivity index (χ1v) is 13.4. The Bertz CT molecular complexity index is 1190. The van der Waals surface area contributed by atoms with E-state index in [4.69, 9.17) is 11.6 Å². The molecule has 0 unspecified atom stereocenters. The van der Waals surface area contributed by atoms with Crippen LogP contribution in [0.5, 0.6) is 0 Å². The molecule has 32 heavy (non-hydrogen) atoms. The number of fused-ring (bicyclic) bond motifs is 1. The quantitative estimate of drug-likeness (QED) is 0.682. The second kappa shape index (κ2) is 8.72. The van der Waals surface area contributed by atoms with Gasteiger partial charge in [-0.3, -0.25) is 14.3 Å². The molecule has 172 valence electrons. The number of anilines is 1. The number of amides is 2. The van der Waals surface area contributed by atoms with E-state index in [1.165, 1.54) is 11.8 Å². The van der Waals surface area contributed by atoms with Crippen molar-refractivity contribution in [2.24, 2.45) is 0 Å². The third-order valence-electron chi connectivity index (χ3n) is 5.97. The topological polar surface area (TPSA) is 101 Å². The van der Waals surface area contributed by atoms with Crippen molar-refractivity contribution < 1.29 is 18.0 Å². The lowest BCUT2D eigenvalue weighted by molar-refractivity contribution is -0.131. The number of halogens is 1. The molecule has 8 nitrogen and oxygen atoms in total. The number of hydrogen-bond acceptors (Lipinski definition) is 6. The SMILES string of the molecule is Cc1nn([C@@H]2CCS(=O)(=O)C2)c(C)c1CN(C)C(=O)C[C@@H]1Sc2ccc(Cl)cc2NC1=O. The summed E-state index contributed by atoms with van der Waals surface area (Å²) in [5.41, 5.74) is 3.23. The zero-order valence-corrected chi connectivity index (χ0v) is 20.5. The maximum Gasteiger partial charge on any atom is 0.238 e. The van der Waals surface area contributed by atoms with Gasteiger partial charge in [0.2, 0.25) is 11.8 Å². The summed E-state index contributed by atoms with van der Waals surface area (Å²) in [5, 5.41) is 7.41. The summed E-state index contributed by atoms with van der Waals surface area (Å²) in [7, 11) is -1.31. The lowest BCUT2D eigenvalue weighted by Crippen LogP contribution is -2.35. The second-order valence-corrected chi connectivity index (χ2v) is 12.3. The van der Waals surface area contributed by atoms with E-state index in [-0.39, 0.29) is 35.8 Å². The first-order chi connectivity index (χ1) is 15.0. The minimum Gasteiger partial charge on any atom is -0.341 e. The number of carbonyl (C=O) groups excluding carboxylic acids is 2. The molecule has 1 aromatic heterocycles. The van der Waals surface area contributed by atoms with Gasteiger partial charge in [0.15, 0.2) is 9.84 Å². The third kappa shape index (κ3) is 4.67. The maximum absolute atomic E-state index is 12.9. The number of rotatable bonds is 5. The lowest BCUT2D eigenvalue weighted by Gasteiger charge is -2.26. The molecule has 1 saturated heterocycles. The average Bonchev–Trinajstić information content (AvgIpc) is 3.21. The number of hydrogen-bond donors (Lipinski definition) is 1. The van der Waals surface area contributed by atoms with Gasteiger partial charge in [-0.05, 0) is 38.5 Å². The summed E-state index contributed by atoms with van der Waals surface area (Å²) >= 11 is 7.35. The fraction of sp³-hybridized carbons (Fsp3) is 0.476. The summed E-state index contributed by atoms with van der Waals surface area (Å²) in [6.07, 6.45) is 0.626. The van der Waals surface area contributed by atoms with E-state index in [9.17, 15) is 18.0 Å². The van der Waals surface area contributed by atoms with Crippen LogP contribution in [0.1, 0.15) is 35.8 Å². The van der Waals surface area contributed by atoms with Gasteiger partial charge in [-0.1, -0.05) is 11.6 Å². The molecule has 1 N–H and O–H groups in total. The van der Waals surface area contributed by atoms with Crippen LogP contribution in [0.4, 0.5) is 5.69 Å². The molecule has 2 aromatic rings. The van der Waals surface area contributed by atoms with Gasteiger partial charge >= 0.3 is 0 Å². The van der Waals surface area contributed by atoms with Gasteiger partial charge < -0.3 is 10.2 Å². The van der Waals surface area contributed by atoms with Crippen LogP contribution in [-0.4, -0.2) is 58.7 Å². The zero-order valence-electron chi connectivity index (χ0n) is 18.1. The minimum atomic E-state index is -3.02. The third-order valence-corrected chi connectivity index (χ3v) is 9.23. The molecule has 2 atom stereocenters. The van der Waals surface area contributed by atoms with Gasteiger partial charge in [0.25, 0.3) is 0 Å². The van der Waals surface area contributed by atoms with Crippen LogP contribution in [0.3, 0.4) is 0 Å². The summed E-state index contributed by atoms with van der Waals surface area (Å²) < 4.78 is 25.5. The van der Waals surface area contributed by atoms with E-state index < -0.39 is 15.1 Å². The highest BCUT2D eigenvalue weighted by molar-refractivity contribution is 8.01. The van der Waals surface area contributed by atoms with Crippen LogP contribution < -0.4 is 5.32 Å². The van der Waals surface area contributed by atoms with Crippen molar-refractivity contribution >= 4 is 50.7 Å². The maximum atomic E-state index is 12.9. The van der Waals surface area contributed by atoms with Crippen LogP contribution in [0.25, 0.3) is 0 Å². The van der Waals surface area contributed by atoms with Crippen molar-refractivity contribution in [1.29, 1.82) is 0 Å². The number of sulfone groups is 1. The Balaban J connectivity index is 1.43. The van der Waals surface area contributed by atoms with Crippen molar-refractivity contribution in [1.82, 2.24) is 14.7 Å². The predicted molar refractivity (Wildman–Crippen MR) is 125 cm³/mol. The Morgan fingerprint density at radius 3 is 2.81 bits per heavy atom. The Kier molecular flexibility index (Phi) is 6.30. The molecule has 0 aliphatic carbocycles. The smallest absolute Gasteiger partial charge is 0.238 e. The van der Waals surface area contributed by atoms with Crippen LogP contribution >= 0.6 is 23.4 Å². The Morgan fingerprint density at radius 2 is 2.12 bits per heavy atom. The molecule has 11 heteroatoms. The fourth-order valence-electron chi connectivity index (χ4n) is 4.15. The summed E-state index contributed by atoms with van der Waals surface area (Å²) in [6, 6.07) is 5.14. The summed E-state index contributed by atoms with van der Waals surface area (Å²) in [5.74, 6) is -0.0800. The first kappa shape index (κ1) is 23.1. The number of carbonyl (C=O) groups is 2. The van der Waals surface area contributed by atoms with Crippen LogP contribution in [0, 0.1) is 13.8 Å². The molecule has 2 amide bonds. The zero-order chi connectivity index (χ0) is 23.2. The standard InChI is InChI=1S/C21H25ClN4O4S2/c1-12-16(13(2)26(24-12)15-6-7-32(29,30)11-15)10-25(3)20(27)9-19-21(28)23-17-8-14(22)4-5-18(17)31-19/h4-5,8,15,19H,6-7,9-11H2,1-3H3,(H,23,28)/t15-,19+/m1/s1. The molecule has 1 aromatic carbocycles. The van der Waals surface area contributed by atoms with E-state index in [1.807, 2.05) is 19.9 Å². The highest BCUT2D eigenvalue weighted by Gasteiger charge is 2.33. The van der Waals surface area contributed by atoms with Gasteiger partial charge in [0.05, 0.1) is 34.2 Å². The molecule has 0 radical (unpaired) electrons. The molecule has 3 heterocycles.